The summed E-state index contributed by atoms with van der Waals surface area (Å²) < 4.78 is 0. The number of fused-ring (bicyclic) bond motifs is 1. The molecule has 1 aliphatic rings. The fourth-order valence-electron chi connectivity index (χ4n) is 2.58. The number of hydrogen-bond donors (Lipinski definition) is 1. The Hall–Kier alpha value is -1.31. The van der Waals surface area contributed by atoms with E-state index in [2.05, 4.69) is 6.07 Å². The van der Waals surface area contributed by atoms with E-state index in [1.165, 1.54) is 5.56 Å². The molecule has 0 heterocycles. The molecule has 0 bridgehead atoms. The lowest BCUT2D eigenvalue weighted by atomic mass is 9.94. The Kier molecular flexibility index (Phi) is 2.65. The third-order valence-corrected chi connectivity index (χ3v) is 3.74. The fraction of sp³-hybridized carbons (Fsp3) is 0.200. The van der Waals surface area contributed by atoms with Crippen LogP contribution in [0.5, 0.6) is 0 Å². The third kappa shape index (κ3) is 1.86. The van der Waals surface area contributed by atoms with Crippen molar-refractivity contribution in [1.29, 1.82) is 0 Å². The van der Waals surface area contributed by atoms with Crippen molar-refractivity contribution in [2.24, 2.45) is 0 Å². The van der Waals surface area contributed by atoms with E-state index < -0.39 is 6.10 Å². The molecule has 0 unspecified atom stereocenters. The van der Waals surface area contributed by atoms with E-state index in [0.717, 1.165) is 22.6 Å². The van der Waals surface area contributed by atoms with E-state index in [1.54, 1.807) is 0 Å². The van der Waals surface area contributed by atoms with Gasteiger partial charge in [-0.3, -0.25) is 0 Å². The van der Waals surface area contributed by atoms with Crippen LogP contribution < -0.4 is 0 Å². The first-order valence-electron chi connectivity index (χ1n) is 5.77. The van der Waals surface area contributed by atoms with E-state index in [4.69, 9.17) is 11.6 Å². The molecule has 1 N–H and O–H groups in total. The van der Waals surface area contributed by atoms with Gasteiger partial charge in [0.25, 0.3) is 0 Å². The second kappa shape index (κ2) is 4.17. The highest BCUT2D eigenvalue weighted by molar-refractivity contribution is 6.30. The van der Waals surface area contributed by atoms with Gasteiger partial charge in [-0.1, -0.05) is 48.0 Å². The highest BCUT2D eigenvalue weighted by Gasteiger charge is 2.31. The number of aliphatic hydroxyl groups is 1. The van der Waals surface area contributed by atoms with E-state index in [1.807, 2.05) is 42.5 Å². The first kappa shape index (κ1) is 10.8. The first-order valence-corrected chi connectivity index (χ1v) is 6.15. The molecule has 0 radical (unpaired) electrons. The topological polar surface area (TPSA) is 20.2 Å². The molecule has 0 spiro atoms. The van der Waals surface area contributed by atoms with Gasteiger partial charge in [0.05, 0.1) is 6.10 Å². The lowest BCUT2D eigenvalue weighted by molar-refractivity contribution is 0.158. The summed E-state index contributed by atoms with van der Waals surface area (Å²) >= 11 is 5.88. The molecule has 0 saturated heterocycles. The molecule has 0 amide bonds. The Bertz CT molecular complexity index is 533. The zero-order chi connectivity index (χ0) is 11.8. The fourth-order valence-corrected chi connectivity index (χ4v) is 2.71. The van der Waals surface area contributed by atoms with Crippen molar-refractivity contribution in [3.8, 4) is 0 Å². The maximum absolute atomic E-state index is 10.3. The summed E-state index contributed by atoms with van der Waals surface area (Å²) in [6.07, 6.45) is 0.506. The lowest BCUT2D eigenvalue weighted by Crippen LogP contribution is -2.04. The summed E-state index contributed by atoms with van der Waals surface area (Å²) in [5, 5.41) is 11.1. The minimum absolute atomic E-state index is 0.157. The molecular formula is C15H13ClO. The van der Waals surface area contributed by atoms with Crippen LogP contribution in [0.15, 0.2) is 48.5 Å². The Labute approximate surface area is 106 Å². The molecule has 86 valence electrons. The quantitative estimate of drug-likeness (QED) is 0.811. The minimum Gasteiger partial charge on any atom is -0.388 e. The summed E-state index contributed by atoms with van der Waals surface area (Å²) in [4.78, 5) is 0. The molecule has 2 aromatic rings. The van der Waals surface area contributed by atoms with Crippen LogP contribution in [0.4, 0.5) is 0 Å². The highest BCUT2D eigenvalue weighted by atomic mass is 35.5. The number of hydrogen-bond acceptors (Lipinski definition) is 1. The number of aliphatic hydroxyl groups excluding tert-OH is 1. The number of benzene rings is 2. The van der Waals surface area contributed by atoms with Gasteiger partial charge in [-0.05, 0) is 35.2 Å². The Morgan fingerprint density at radius 2 is 1.71 bits per heavy atom. The zero-order valence-corrected chi connectivity index (χ0v) is 10.1. The second-order valence-corrected chi connectivity index (χ2v) is 4.94. The van der Waals surface area contributed by atoms with E-state index in [0.29, 0.717) is 0 Å². The Morgan fingerprint density at radius 3 is 2.41 bits per heavy atom. The molecule has 2 aromatic carbocycles. The molecule has 0 aliphatic heterocycles. The van der Waals surface area contributed by atoms with Gasteiger partial charge in [0.15, 0.2) is 0 Å². The van der Waals surface area contributed by atoms with Crippen LogP contribution in [-0.2, 0) is 6.42 Å². The van der Waals surface area contributed by atoms with Gasteiger partial charge in [-0.2, -0.15) is 0 Å². The zero-order valence-electron chi connectivity index (χ0n) is 9.31. The standard InChI is InChI=1S/C15H13ClO/c16-12-7-5-10(6-8-12)14-9-11-3-1-2-4-13(11)15(14)17/h1-8,14-15,17H,9H2/t14-,15+/m1/s1. The smallest absolute Gasteiger partial charge is 0.0864 e. The predicted octanol–water partition coefficient (Wildman–Crippen LogP) is 3.71. The van der Waals surface area contributed by atoms with Gasteiger partial charge in [0, 0.05) is 10.9 Å². The van der Waals surface area contributed by atoms with Crippen LogP contribution in [-0.4, -0.2) is 5.11 Å². The molecule has 2 atom stereocenters. The monoisotopic (exact) mass is 244 g/mol. The van der Waals surface area contributed by atoms with Crippen molar-refractivity contribution in [3.05, 3.63) is 70.2 Å². The van der Waals surface area contributed by atoms with Crippen LogP contribution in [0, 0.1) is 0 Å². The van der Waals surface area contributed by atoms with Gasteiger partial charge in [-0.15, -0.1) is 0 Å². The van der Waals surface area contributed by atoms with Crippen molar-refractivity contribution in [2.75, 3.05) is 0 Å². The van der Waals surface area contributed by atoms with Gasteiger partial charge < -0.3 is 5.11 Å². The number of halogens is 1. The summed E-state index contributed by atoms with van der Waals surface area (Å²) in [6.45, 7) is 0. The average Bonchev–Trinajstić information content (AvgIpc) is 2.69. The maximum atomic E-state index is 10.3. The largest absolute Gasteiger partial charge is 0.388 e. The summed E-state index contributed by atoms with van der Waals surface area (Å²) in [6, 6.07) is 15.9. The molecule has 2 heteroatoms. The van der Waals surface area contributed by atoms with Crippen molar-refractivity contribution >= 4 is 11.6 Å². The summed E-state index contributed by atoms with van der Waals surface area (Å²) in [5.74, 6) is 0.157. The van der Waals surface area contributed by atoms with Gasteiger partial charge in [0.1, 0.15) is 0 Å². The molecule has 0 aromatic heterocycles. The SMILES string of the molecule is O[C@H]1c2ccccc2C[C@@H]1c1ccc(Cl)cc1. The van der Waals surface area contributed by atoms with Crippen molar-refractivity contribution in [1.82, 2.24) is 0 Å². The van der Waals surface area contributed by atoms with Crippen molar-refractivity contribution in [3.63, 3.8) is 0 Å². The molecule has 3 rings (SSSR count). The maximum Gasteiger partial charge on any atom is 0.0864 e. The normalized spacial score (nSPS) is 22.5. The highest BCUT2D eigenvalue weighted by Crippen LogP contribution is 2.42. The molecule has 0 saturated carbocycles. The second-order valence-electron chi connectivity index (χ2n) is 4.51. The van der Waals surface area contributed by atoms with Crippen LogP contribution in [0.1, 0.15) is 28.7 Å². The van der Waals surface area contributed by atoms with Crippen molar-refractivity contribution in [2.45, 2.75) is 18.4 Å². The molecule has 0 fully saturated rings. The van der Waals surface area contributed by atoms with E-state index >= 15 is 0 Å². The number of rotatable bonds is 1. The molecule has 17 heavy (non-hydrogen) atoms. The summed E-state index contributed by atoms with van der Waals surface area (Å²) in [7, 11) is 0. The predicted molar refractivity (Wildman–Crippen MR) is 69.3 cm³/mol. The Morgan fingerprint density at radius 1 is 1.00 bits per heavy atom. The van der Waals surface area contributed by atoms with Gasteiger partial charge in [0.2, 0.25) is 0 Å². The molecular weight excluding hydrogens is 232 g/mol. The third-order valence-electron chi connectivity index (χ3n) is 3.49. The Balaban J connectivity index is 1.96. The first-order chi connectivity index (χ1) is 8.25. The van der Waals surface area contributed by atoms with Crippen LogP contribution in [0.3, 0.4) is 0 Å². The van der Waals surface area contributed by atoms with Crippen LogP contribution >= 0.6 is 11.6 Å². The van der Waals surface area contributed by atoms with Crippen LogP contribution in [0.25, 0.3) is 0 Å². The lowest BCUT2D eigenvalue weighted by Gasteiger charge is -2.15. The molecule has 1 aliphatic carbocycles. The van der Waals surface area contributed by atoms with Gasteiger partial charge in [-0.25, -0.2) is 0 Å². The average molecular weight is 245 g/mol. The van der Waals surface area contributed by atoms with Gasteiger partial charge >= 0.3 is 0 Å². The van der Waals surface area contributed by atoms with E-state index in [9.17, 15) is 5.11 Å². The minimum atomic E-state index is -0.396. The van der Waals surface area contributed by atoms with Crippen molar-refractivity contribution < 1.29 is 5.11 Å². The molecule has 1 nitrogen and oxygen atoms in total. The van der Waals surface area contributed by atoms with E-state index in [-0.39, 0.29) is 5.92 Å². The van der Waals surface area contributed by atoms with Crippen LogP contribution in [0.2, 0.25) is 5.02 Å². The summed E-state index contributed by atoms with van der Waals surface area (Å²) in [5.41, 5.74) is 3.46.